The first-order chi connectivity index (χ1) is 13.4. The van der Waals surface area contributed by atoms with Gasteiger partial charge in [0.15, 0.2) is 0 Å². The standard InChI is InChI=1S/C20H18Cl3N3O2/c21-16-4-1-14(2-5-16)20(28)26-9-7-13(8-10-26)19(27)25-24-12-15-3-6-17(22)11-18(15)23/h1-6,11-13H,7-10H2,(H,25,27)/b24-12-. The van der Waals surface area contributed by atoms with Crippen LogP contribution in [0.25, 0.3) is 0 Å². The Morgan fingerprint density at radius 1 is 1.00 bits per heavy atom. The number of halogens is 3. The fourth-order valence-corrected chi connectivity index (χ4v) is 3.57. The van der Waals surface area contributed by atoms with Gasteiger partial charge in [-0.05, 0) is 49.2 Å². The van der Waals surface area contributed by atoms with Gasteiger partial charge < -0.3 is 4.90 Å². The third kappa shape index (κ3) is 5.25. The minimum absolute atomic E-state index is 0.0501. The number of rotatable bonds is 4. The molecule has 0 radical (unpaired) electrons. The van der Waals surface area contributed by atoms with Gasteiger partial charge in [-0.15, -0.1) is 0 Å². The van der Waals surface area contributed by atoms with E-state index in [2.05, 4.69) is 10.5 Å². The summed E-state index contributed by atoms with van der Waals surface area (Å²) in [5.74, 6) is -0.405. The molecule has 28 heavy (non-hydrogen) atoms. The highest BCUT2D eigenvalue weighted by molar-refractivity contribution is 6.36. The fourth-order valence-electron chi connectivity index (χ4n) is 2.98. The summed E-state index contributed by atoms with van der Waals surface area (Å²) >= 11 is 17.8. The number of hydrogen-bond donors (Lipinski definition) is 1. The second-order valence-corrected chi connectivity index (χ2v) is 7.75. The van der Waals surface area contributed by atoms with E-state index in [1.165, 1.54) is 6.21 Å². The van der Waals surface area contributed by atoms with Crippen molar-refractivity contribution >= 4 is 52.8 Å². The van der Waals surface area contributed by atoms with Crippen LogP contribution in [0.2, 0.25) is 15.1 Å². The van der Waals surface area contributed by atoms with Gasteiger partial charge in [-0.2, -0.15) is 5.10 Å². The quantitative estimate of drug-likeness (QED) is 0.558. The van der Waals surface area contributed by atoms with Gasteiger partial charge in [-0.3, -0.25) is 9.59 Å². The molecule has 0 spiro atoms. The normalized spacial score (nSPS) is 15.0. The highest BCUT2D eigenvalue weighted by Crippen LogP contribution is 2.21. The van der Waals surface area contributed by atoms with Crippen molar-refractivity contribution in [3.8, 4) is 0 Å². The lowest BCUT2D eigenvalue weighted by Crippen LogP contribution is -2.42. The van der Waals surface area contributed by atoms with E-state index in [-0.39, 0.29) is 17.7 Å². The molecule has 1 aliphatic rings. The maximum absolute atomic E-state index is 12.5. The van der Waals surface area contributed by atoms with Crippen LogP contribution in [-0.2, 0) is 4.79 Å². The maximum Gasteiger partial charge on any atom is 0.253 e. The van der Waals surface area contributed by atoms with E-state index >= 15 is 0 Å². The molecule has 146 valence electrons. The molecule has 1 saturated heterocycles. The molecule has 0 atom stereocenters. The Bertz CT molecular complexity index is 892. The average Bonchev–Trinajstić information content (AvgIpc) is 2.69. The van der Waals surface area contributed by atoms with Gasteiger partial charge in [0.2, 0.25) is 5.91 Å². The number of nitrogens with one attached hydrogen (secondary N) is 1. The molecule has 2 aromatic rings. The lowest BCUT2D eigenvalue weighted by molar-refractivity contribution is -0.126. The molecule has 1 aliphatic heterocycles. The summed E-state index contributed by atoms with van der Waals surface area (Å²) in [7, 11) is 0. The number of piperidine rings is 1. The lowest BCUT2D eigenvalue weighted by atomic mass is 9.95. The van der Waals surface area contributed by atoms with Gasteiger partial charge in [0, 0.05) is 40.2 Å². The first-order valence-corrected chi connectivity index (χ1v) is 9.90. The van der Waals surface area contributed by atoms with Crippen molar-refractivity contribution in [2.75, 3.05) is 13.1 Å². The van der Waals surface area contributed by atoms with Crippen molar-refractivity contribution in [2.24, 2.45) is 11.0 Å². The van der Waals surface area contributed by atoms with Gasteiger partial charge >= 0.3 is 0 Å². The molecular weight excluding hydrogens is 421 g/mol. The second-order valence-electron chi connectivity index (χ2n) is 6.47. The van der Waals surface area contributed by atoms with Crippen molar-refractivity contribution in [1.29, 1.82) is 0 Å². The first-order valence-electron chi connectivity index (χ1n) is 8.77. The van der Waals surface area contributed by atoms with Gasteiger partial charge in [0.1, 0.15) is 0 Å². The zero-order valence-corrected chi connectivity index (χ0v) is 17.1. The second kappa shape index (κ2) is 9.41. The Hall–Kier alpha value is -2.08. The van der Waals surface area contributed by atoms with Crippen LogP contribution in [0.15, 0.2) is 47.6 Å². The molecule has 2 amide bonds. The minimum atomic E-state index is -0.188. The minimum Gasteiger partial charge on any atom is -0.339 e. The Balaban J connectivity index is 1.50. The summed E-state index contributed by atoms with van der Waals surface area (Å²) in [6.45, 7) is 1.04. The van der Waals surface area contributed by atoms with Crippen LogP contribution < -0.4 is 5.43 Å². The smallest absolute Gasteiger partial charge is 0.253 e. The SMILES string of the molecule is O=C(N/N=C\c1ccc(Cl)cc1Cl)C1CCN(C(=O)c2ccc(Cl)cc2)CC1. The van der Waals surface area contributed by atoms with Crippen molar-refractivity contribution in [2.45, 2.75) is 12.8 Å². The molecule has 3 rings (SSSR count). The Labute approximate surface area is 178 Å². The molecule has 5 nitrogen and oxygen atoms in total. The molecule has 1 N–H and O–H groups in total. The van der Waals surface area contributed by atoms with Crippen LogP contribution in [-0.4, -0.2) is 36.0 Å². The summed E-state index contributed by atoms with van der Waals surface area (Å²) in [6.07, 6.45) is 2.65. The molecule has 0 saturated carbocycles. The molecule has 0 bridgehead atoms. The summed E-state index contributed by atoms with van der Waals surface area (Å²) < 4.78 is 0. The monoisotopic (exact) mass is 437 g/mol. The first kappa shape index (κ1) is 20.6. The van der Waals surface area contributed by atoms with Crippen LogP contribution >= 0.6 is 34.8 Å². The third-order valence-corrected chi connectivity index (χ3v) is 5.40. The molecule has 8 heteroatoms. The number of amides is 2. The van der Waals surface area contributed by atoms with Crippen LogP contribution in [0, 0.1) is 5.92 Å². The summed E-state index contributed by atoms with van der Waals surface area (Å²) in [5.41, 5.74) is 3.80. The van der Waals surface area contributed by atoms with Crippen molar-refractivity contribution in [3.05, 3.63) is 68.7 Å². The predicted molar refractivity (Wildman–Crippen MR) is 112 cm³/mol. The molecular formula is C20H18Cl3N3O2. The maximum atomic E-state index is 12.5. The van der Waals surface area contributed by atoms with Crippen LogP contribution in [0.5, 0.6) is 0 Å². The number of nitrogens with zero attached hydrogens (tertiary/aromatic N) is 2. The van der Waals surface area contributed by atoms with Crippen LogP contribution in [0.3, 0.4) is 0 Å². The number of hydrazone groups is 1. The van der Waals surface area contributed by atoms with Crippen LogP contribution in [0.4, 0.5) is 0 Å². The molecule has 2 aromatic carbocycles. The third-order valence-electron chi connectivity index (χ3n) is 4.59. The number of carbonyl (C=O) groups excluding carboxylic acids is 2. The molecule has 0 aliphatic carbocycles. The number of benzene rings is 2. The Morgan fingerprint density at radius 3 is 2.29 bits per heavy atom. The Kier molecular flexibility index (Phi) is 6.94. The van der Waals surface area contributed by atoms with Gasteiger partial charge in [-0.25, -0.2) is 5.43 Å². The zero-order valence-electron chi connectivity index (χ0n) is 14.9. The molecule has 0 aromatic heterocycles. The zero-order chi connectivity index (χ0) is 20.1. The van der Waals surface area contributed by atoms with Gasteiger partial charge in [-0.1, -0.05) is 40.9 Å². The highest BCUT2D eigenvalue weighted by atomic mass is 35.5. The van der Waals surface area contributed by atoms with Crippen molar-refractivity contribution in [1.82, 2.24) is 10.3 Å². The van der Waals surface area contributed by atoms with E-state index in [1.807, 2.05) is 0 Å². The van der Waals surface area contributed by atoms with Crippen molar-refractivity contribution in [3.63, 3.8) is 0 Å². The summed E-state index contributed by atoms with van der Waals surface area (Å²) in [4.78, 5) is 26.6. The Morgan fingerprint density at radius 2 is 1.64 bits per heavy atom. The van der Waals surface area contributed by atoms with E-state index in [4.69, 9.17) is 34.8 Å². The van der Waals surface area contributed by atoms with Gasteiger partial charge in [0.05, 0.1) is 11.2 Å². The molecule has 1 heterocycles. The summed E-state index contributed by atoms with van der Waals surface area (Å²) in [5, 5.41) is 5.55. The number of hydrogen-bond acceptors (Lipinski definition) is 3. The van der Waals surface area contributed by atoms with E-state index < -0.39 is 0 Å². The van der Waals surface area contributed by atoms with Gasteiger partial charge in [0.25, 0.3) is 5.91 Å². The van der Waals surface area contributed by atoms with Crippen molar-refractivity contribution < 1.29 is 9.59 Å². The van der Waals surface area contributed by atoms with Crippen LogP contribution in [0.1, 0.15) is 28.8 Å². The number of carbonyl (C=O) groups is 2. The largest absolute Gasteiger partial charge is 0.339 e. The summed E-state index contributed by atoms with van der Waals surface area (Å²) in [6, 6.07) is 11.8. The van der Waals surface area contributed by atoms with E-state index in [9.17, 15) is 9.59 Å². The molecule has 0 unspecified atom stereocenters. The lowest BCUT2D eigenvalue weighted by Gasteiger charge is -2.31. The predicted octanol–water partition coefficient (Wildman–Crippen LogP) is 4.65. The highest BCUT2D eigenvalue weighted by Gasteiger charge is 2.27. The van der Waals surface area contributed by atoms with E-state index in [0.29, 0.717) is 52.1 Å². The van der Waals surface area contributed by atoms with E-state index in [1.54, 1.807) is 47.4 Å². The molecule has 1 fully saturated rings. The topological polar surface area (TPSA) is 61.8 Å². The number of likely N-dealkylation sites (tertiary alicyclic amines) is 1. The van der Waals surface area contributed by atoms with E-state index in [0.717, 1.165) is 0 Å². The fraction of sp³-hybridized carbons (Fsp3) is 0.250. The average molecular weight is 439 g/mol.